The van der Waals surface area contributed by atoms with Crippen molar-refractivity contribution in [2.24, 2.45) is 0 Å². The van der Waals surface area contributed by atoms with Crippen molar-refractivity contribution >= 4 is 5.82 Å². The Labute approximate surface area is 102 Å². The summed E-state index contributed by atoms with van der Waals surface area (Å²) in [4.78, 5) is 4.10. The van der Waals surface area contributed by atoms with E-state index in [-0.39, 0.29) is 17.4 Å². The molecule has 0 aliphatic carbocycles. The molecule has 0 amide bonds. The molecule has 0 aliphatic heterocycles. The van der Waals surface area contributed by atoms with E-state index in [0.29, 0.717) is 32.1 Å². The second kappa shape index (κ2) is 6.07. The summed E-state index contributed by atoms with van der Waals surface area (Å²) in [5.74, 6) is 0.798. The van der Waals surface area contributed by atoms with Crippen molar-refractivity contribution in [1.29, 1.82) is 0 Å². The fourth-order valence-electron chi connectivity index (χ4n) is 1.20. The van der Waals surface area contributed by atoms with E-state index in [9.17, 15) is 0 Å². The van der Waals surface area contributed by atoms with Gasteiger partial charge in [-0.15, -0.1) is 0 Å². The van der Waals surface area contributed by atoms with E-state index in [1.165, 1.54) is 0 Å². The Morgan fingerprint density at radius 2 is 2.06 bits per heavy atom. The van der Waals surface area contributed by atoms with Crippen LogP contribution in [0.3, 0.4) is 0 Å². The summed E-state index contributed by atoms with van der Waals surface area (Å²) in [5.41, 5.74) is 5.75. The van der Waals surface area contributed by atoms with Gasteiger partial charge in [0.15, 0.2) is 5.82 Å². The number of nitrogen functional groups attached to an aromatic ring is 1. The van der Waals surface area contributed by atoms with Gasteiger partial charge < -0.3 is 19.7 Å². The minimum atomic E-state index is 0.113. The van der Waals surface area contributed by atoms with Gasteiger partial charge in [0.1, 0.15) is 0 Å². The topological polar surface area (TPSA) is 122 Å². The van der Waals surface area contributed by atoms with Gasteiger partial charge in [0, 0.05) is 13.5 Å². The molecule has 2 aromatic heterocycles. The molecule has 0 atom stereocenters. The highest BCUT2D eigenvalue weighted by Crippen LogP contribution is 2.19. The smallest absolute Gasteiger partial charge is 0.284 e. The first-order valence-electron chi connectivity index (χ1n) is 5.29. The maximum Gasteiger partial charge on any atom is 0.284 e. The third-order valence-corrected chi connectivity index (χ3v) is 2.09. The molecule has 0 saturated carbocycles. The van der Waals surface area contributed by atoms with E-state index in [1.807, 2.05) is 0 Å². The summed E-state index contributed by atoms with van der Waals surface area (Å²) in [6.07, 6.45) is 0.526. The lowest BCUT2D eigenvalue weighted by atomic mass is 10.4. The normalized spacial score (nSPS) is 10.9. The number of nitrogens with zero attached hydrogens (tertiary/aromatic N) is 4. The highest BCUT2D eigenvalue weighted by Gasteiger charge is 2.16. The third-order valence-electron chi connectivity index (χ3n) is 2.09. The molecule has 2 rings (SSSR count). The van der Waals surface area contributed by atoms with Crippen LogP contribution in [0.5, 0.6) is 0 Å². The Bertz CT molecular complexity index is 483. The van der Waals surface area contributed by atoms with E-state index in [4.69, 9.17) is 19.7 Å². The van der Waals surface area contributed by atoms with Crippen LogP contribution < -0.4 is 5.73 Å². The zero-order valence-electron chi connectivity index (χ0n) is 9.83. The van der Waals surface area contributed by atoms with Gasteiger partial charge in [-0.1, -0.05) is 5.16 Å². The first kappa shape index (κ1) is 12.5. The van der Waals surface area contributed by atoms with Crippen LogP contribution in [0.1, 0.15) is 5.82 Å². The molecule has 0 radical (unpaired) electrons. The molecule has 0 aliphatic rings. The Balaban J connectivity index is 1.85. The average molecular weight is 255 g/mol. The van der Waals surface area contributed by atoms with Gasteiger partial charge in [0.05, 0.1) is 19.8 Å². The molecule has 2 heterocycles. The number of hydrogen-bond donors (Lipinski definition) is 1. The van der Waals surface area contributed by atoms with Crippen LogP contribution in [0, 0.1) is 0 Å². The van der Waals surface area contributed by atoms with Gasteiger partial charge >= 0.3 is 0 Å². The number of methoxy groups -OCH3 is 1. The summed E-state index contributed by atoms with van der Waals surface area (Å²) in [6.45, 7) is 1.56. The zero-order valence-corrected chi connectivity index (χ0v) is 9.83. The number of rotatable bonds is 7. The van der Waals surface area contributed by atoms with Crippen molar-refractivity contribution in [3.05, 3.63) is 5.82 Å². The molecule has 9 heteroatoms. The molecule has 0 fully saturated rings. The van der Waals surface area contributed by atoms with Crippen LogP contribution in [0.25, 0.3) is 11.6 Å². The maximum absolute atomic E-state index is 5.50. The third kappa shape index (κ3) is 3.02. The predicted octanol–water partition coefficient (Wildman–Crippen LogP) is -0.0927. The lowest BCUT2D eigenvalue weighted by molar-refractivity contribution is 0.0714. The quantitative estimate of drug-likeness (QED) is 0.676. The summed E-state index contributed by atoms with van der Waals surface area (Å²) >= 11 is 0. The van der Waals surface area contributed by atoms with E-state index in [2.05, 4.69) is 25.1 Å². The average Bonchev–Trinajstić information content (AvgIpc) is 2.97. The molecule has 2 aromatic rings. The molecule has 0 bridgehead atoms. The fraction of sp³-hybridized carbons (Fsp3) is 0.556. The highest BCUT2D eigenvalue weighted by molar-refractivity contribution is 5.60. The van der Waals surface area contributed by atoms with Crippen molar-refractivity contribution in [2.75, 3.05) is 32.7 Å². The second-order valence-electron chi connectivity index (χ2n) is 3.37. The molecule has 0 spiro atoms. The van der Waals surface area contributed by atoms with Gasteiger partial charge in [-0.25, -0.2) is 4.63 Å². The second-order valence-corrected chi connectivity index (χ2v) is 3.37. The Morgan fingerprint density at radius 1 is 1.17 bits per heavy atom. The summed E-state index contributed by atoms with van der Waals surface area (Å²) in [6, 6.07) is 0. The van der Waals surface area contributed by atoms with Gasteiger partial charge in [0.25, 0.3) is 5.89 Å². The molecule has 0 aromatic carbocycles. The van der Waals surface area contributed by atoms with Gasteiger partial charge in [0.2, 0.25) is 11.5 Å². The summed E-state index contributed by atoms with van der Waals surface area (Å²) < 4.78 is 19.6. The maximum atomic E-state index is 5.50. The Kier molecular flexibility index (Phi) is 4.20. The van der Waals surface area contributed by atoms with Crippen molar-refractivity contribution in [3.8, 4) is 11.6 Å². The molecule has 0 unspecified atom stereocenters. The Morgan fingerprint density at radius 3 is 2.78 bits per heavy atom. The summed E-state index contributed by atoms with van der Waals surface area (Å²) in [5, 5.41) is 10.8. The number of hydrogen-bond acceptors (Lipinski definition) is 9. The highest BCUT2D eigenvalue weighted by atomic mass is 16.6. The Hall–Kier alpha value is -2.00. The van der Waals surface area contributed by atoms with Crippen molar-refractivity contribution in [2.45, 2.75) is 6.42 Å². The van der Waals surface area contributed by atoms with Gasteiger partial charge in [-0.2, -0.15) is 4.98 Å². The van der Waals surface area contributed by atoms with Crippen LogP contribution in [0.4, 0.5) is 5.82 Å². The minimum absolute atomic E-state index is 0.113. The van der Waals surface area contributed by atoms with E-state index in [1.54, 1.807) is 7.11 Å². The van der Waals surface area contributed by atoms with Crippen LogP contribution in [0.2, 0.25) is 0 Å². The van der Waals surface area contributed by atoms with Crippen molar-refractivity contribution in [1.82, 2.24) is 20.5 Å². The molecular weight excluding hydrogens is 242 g/mol. The molecule has 0 saturated heterocycles. The molecular formula is C9H13N5O4. The van der Waals surface area contributed by atoms with E-state index in [0.717, 1.165) is 0 Å². The number of ether oxygens (including phenoxy) is 2. The monoisotopic (exact) mass is 255 g/mol. The lowest BCUT2D eigenvalue weighted by Gasteiger charge is -1.99. The van der Waals surface area contributed by atoms with Crippen LogP contribution >= 0.6 is 0 Å². The lowest BCUT2D eigenvalue weighted by Crippen LogP contribution is -2.05. The van der Waals surface area contributed by atoms with E-state index >= 15 is 0 Å². The summed E-state index contributed by atoms with van der Waals surface area (Å²) in [7, 11) is 1.62. The van der Waals surface area contributed by atoms with Crippen LogP contribution in [-0.2, 0) is 15.9 Å². The number of anilines is 1. The molecule has 98 valence electrons. The fourth-order valence-corrected chi connectivity index (χ4v) is 1.20. The van der Waals surface area contributed by atoms with Gasteiger partial charge in [-0.05, 0) is 10.3 Å². The molecule has 2 N–H and O–H groups in total. The molecule has 18 heavy (non-hydrogen) atoms. The predicted molar refractivity (Wildman–Crippen MR) is 58.4 cm³/mol. The number of nitrogens with two attached hydrogens (primary N) is 1. The largest absolute Gasteiger partial charge is 0.382 e. The van der Waals surface area contributed by atoms with Crippen molar-refractivity contribution in [3.63, 3.8) is 0 Å². The standard InChI is InChI=1S/C9H13N5O4/c1-15-4-5-16-3-2-6-11-9(17-12-6)7-8(10)14-18-13-7/h2-5H2,1H3,(H2,10,14). The first-order chi connectivity index (χ1) is 8.81. The first-order valence-corrected chi connectivity index (χ1v) is 5.29. The zero-order chi connectivity index (χ0) is 12.8. The number of aromatic nitrogens is 4. The SMILES string of the molecule is COCCOCCc1noc(-c2nonc2N)n1. The van der Waals surface area contributed by atoms with Crippen molar-refractivity contribution < 1.29 is 18.6 Å². The van der Waals surface area contributed by atoms with Crippen LogP contribution in [-0.4, -0.2) is 47.4 Å². The van der Waals surface area contributed by atoms with E-state index < -0.39 is 0 Å². The van der Waals surface area contributed by atoms with Crippen LogP contribution in [0.15, 0.2) is 9.15 Å². The van der Waals surface area contributed by atoms with Gasteiger partial charge in [-0.3, -0.25) is 0 Å². The molecule has 9 nitrogen and oxygen atoms in total. The minimum Gasteiger partial charge on any atom is -0.382 e.